The molecule has 46 heavy (non-hydrogen) atoms. The van der Waals surface area contributed by atoms with E-state index in [2.05, 4.69) is 158 Å². The van der Waals surface area contributed by atoms with Gasteiger partial charge in [0.05, 0.1) is 5.41 Å². The summed E-state index contributed by atoms with van der Waals surface area (Å²) in [5.74, 6) is 1.82. The fraction of sp³-hybridized carbons (Fsp3) is 0.0222. The molecule has 1 aliphatic heterocycles. The molecule has 8 aromatic rings. The van der Waals surface area contributed by atoms with E-state index in [1.807, 2.05) is 0 Å². The Labute approximate surface area is 267 Å². The number of rotatable bonds is 1. The monoisotopic (exact) mass is 582 g/mol. The standard InChI is InChI=1S/C45H26O/c1-2-13-29-27(11-1)23-26-35-31-15-4-7-20-38(31)45(43(29)35)37-19-6-3-14-30(37)33-17-10-18-34(44(33)45)32-25-24-28-12-9-22-40-41(28)42(32)36-16-5-8-21-39(36)46-40/h1-26H. The number of ether oxygens (including phenoxy) is 1. The van der Waals surface area contributed by atoms with Crippen LogP contribution >= 0.6 is 0 Å². The lowest BCUT2D eigenvalue weighted by Crippen LogP contribution is -2.27. The van der Waals surface area contributed by atoms with Gasteiger partial charge in [0, 0.05) is 16.5 Å². The van der Waals surface area contributed by atoms with Crippen LogP contribution in [0.1, 0.15) is 22.3 Å². The zero-order chi connectivity index (χ0) is 30.0. The first-order valence-corrected chi connectivity index (χ1v) is 16.0. The quantitative estimate of drug-likeness (QED) is 0.187. The Hall–Kier alpha value is -5.92. The van der Waals surface area contributed by atoms with E-state index in [1.54, 1.807) is 0 Å². The first-order valence-electron chi connectivity index (χ1n) is 16.0. The Balaban J connectivity index is 1.35. The van der Waals surface area contributed by atoms with E-state index in [0.29, 0.717) is 0 Å². The van der Waals surface area contributed by atoms with E-state index in [4.69, 9.17) is 4.74 Å². The molecule has 0 bridgehead atoms. The lowest BCUT2D eigenvalue weighted by Gasteiger charge is -2.34. The first-order chi connectivity index (χ1) is 22.8. The molecular weight excluding hydrogens is 556 g/mol. The van der Waals surface area contributed by atoms with Gasteiger partial charge in [0.15, 0.2) is 0 Å². The van der Waals surface area contributed by atoms with Crippen LogP contribution < -0.4 is 4.74 Å². The summed E-state index contributed by atoms with van der Waals surface area (Å²) in [6.45, 7) is 0. The van der Waals surface area contributed by atoms with E-state index in [9.17, 15) is 0 Å². The largest absolute Gasteiger partial charge is 0.456 e. The molecular formula is C45H26O. The molecule has 11 rings (SSSR count). The Bertz CT molecular complexity index is 2610. The van der Waals surface area contributed by atoms with Gasteiger partial charge in [-0.1, -0.05) is 146 Å². The molecule has 0 N–H and O–H groups in total. The maximum absolute atomic E-state index is 6.52. The van der Waals surface area contributed by atoms with Crippen LogP contribution in [0.2, 0.25) is 0 Å². The lowest BCUT2D eigenvalue weighted by atomic mass is 9.67. The average molecular weight is 583 g/mol. The van der Waals surface area contributed by atoms with Crippen molar-refractivity contribution in [1.82, 2.24) is 0 Å². The van der Waals surface area contributed by atoms with Crippen LogP contribution in [0.3, 0.4) is 0 Å². The maximum Gasteiger partial charge on any atom is 0.135 e. The number of para-hydroxylation sites is 1. The van der Waals surface area contributed by atoms with Crippen molar-refractivity contribution in [2.45, 2.75) is 5.41 Å². The van der Waals surface area contributed by atoms with E-state index < -0.39 is 5.41 Å². The van der Waals surface area contributed by atoms with Crippen LogP contribution in [-0.4, -0.2) is 0 Å². The molecule has 1 nitrogen and oxygen atoms in total. The van der Waals surface area contributed by atoms with Crippen molar-refractivity contribution in [3.05, 3.63) is 180 Å². The third-order valence-corrected chi connectivity index (χ3v) is 10.7. The van der Waals surface area contributed by atoms with Gasteiger partial charge in [0.1, 0.15) is 11.5 Å². The molecule has 1 spiro atoms. The second-order valence-electron chi connectivity index (χ2n) is 12.7. The molecule has 0 radical (unpaired) electrons. The molecule has 1 heterocycles. The minimum absolute atomic E-state index is 0.471. The highest BCUT2D eigenvalue weighted by molar-refractivity contribution is 6.12. The number of benzene rings is 8. The minimum Gasteiger partial charge on any atom is -0.456 e. The third kappa shape index (κ3) is 2.83. The SMILES string of the molecule is c1ccc2c(c1)Oc1cccc3ccc(-c4cccc5c4C4(c6ccccc6-5)c5ccccc5-c5ccc6ccccc6c54)c-2c13. The molecule has 3 aliphatic rings. The predicted molar refractivity (Wildman–Crippen MR) is 189 cm³/mol. The van der Waals surface area contributed by atoms with Gasteiger partial charge in [0.25, 0.3) is 0 Å². The summed E-state index contributed by atoms with van der Waals surface area (Å²) in [6.07, 6.45) is 0. The molecule has 0 saturated heterocycles. The van der Waals surface area contributed by atoms with Crippen molar-refractivity contribution in [3.8, 4) is 56.0 Å². The molecule has 0 aromatic heterocycles. The number of hydrogen-bond donors (Lipinski definition) is 0. The molecule has 212 valence electrons. The smallest absolute Gasteiger partial charge is 0.135 e. The Kier molecular flexibility index (Phi) is 4.57. The van der Waals surface area contributed by atoms with Gasteiger partial charge in [-0.25, -0.2) is 0 Å². The fourth-order valence-electron chi connectivity index (χ4n) is 9.02. The fourth-order valence-corrected chi connectivity index (χ4v) is 9.02. The highest BCUT2D eigenvalue weighted by Crippen LogP contribution is 2.66. The molecule has 8 aromatic carbocycles. The van der Waals surface area contributed by atoms with Gasteiger partial charge in [0.2, 0.25) is 0 Å². The normalized spacial score (nSPS) is 16.1. The Morgan fingerprint density at radius 3 is 1.72 bits per heavy atom. The summed E-state index contributed by atoms with van der Waals surface area (Å²) in [7, 11) is 0. The van der Waals surface area contributed by atoms with Gasteiger partial charge in [-0.3, -0.25) is 0 Å². The number of hydrogen-bond acceptors (Lipinski definition) is 1. The van der Waals surface area contributed by atoms with E-state index in [1.165, 1.54) is 82.7 Å². The summed E-state index contributed by atoms with van der Waals surface area (Å²) >= 11 is 0. The van der Waals surface area contributed by atoms with Gasteiger partial charge in [-0.15, -0.1) is 0 Å². The van der Waals surface area contributed by atoms with Crippen molar-refractivity contribution >= 4 is 21.5 Å². The zero-order valence-electron chi connectivity index (χ0n) is 24.9. The van der Waals surface area contributed by atoms with Crippen molar-refractivity contribution < 1.29 is 4.74 Å². The second-order valence-corrected chi connectivity index (χ2v) is 12.7. The summed E-state index contributed by atoms with van der Waals surface area (Å²) in [5, 5.41) is 4.96. The molecule has 1 unspecified atom stereocenters. The highest BCUT2D eigenvalue weighted by atomic mass is 16.5. The average Bonchev–Trinajstić information content (AvgIpc) is 3.59. The third-order valence-electron chi connectivity index (χ3n) is 10.7. The molecule has 0 fully saturated rings. The first kappa shape index (κ1) is 24.4. The van der Waals surface area contributed by atoms with Crippen molar-refractivity contribution in [3.63, 3.8) is 0 Å². The van der Waals surface area contributed by atoms with Crippen molar-refractivity contribution in [2.24, 2.45) is 0 Å². The summed E-state index contributed by atoms with van der Waals surface area (Å²) in [4.78, 5) is 0. The van der Waals surface area contributed by atoms with Crippen LogP contribution in [0.5, 0.6) is 11.5 Å². The lowest BCUT2D eigenvalue weighted by molar-refractivity contribution is 0.487. The van der Waals surface area contributed by atoms with Gasteiger partial charge in [-0.2, -0.15) is 0 Å². The van der Waals surface area contributed by atoms with Crippen LogP contribution in [-0.2, 0) is 5.41 Å². The van der Waals surface area contributed by atoms with Crippen LogP contribution in [0, 0.1) is 0 Å². The van der Waals surface area contributed by atoms with Crippen molar-refractivity contribution in [2.75, 3.05) is 0 Å². The summed E-state index contributed by atoms with van der Waals surface area (Å²) in [5.41, 5.74) is 15.2. The van der Waals surface area contributed by atoms with Crippen LogP contribution in [0.4, 0.5) is 0 Å². The Morgan fingerprint density at radius 1 is 0.348 bits per heavy atom. The second kappa shape index (κ2) is 8.62. The molecule has 0 saturated carbocycles. The van der Waals surface area contributed by atoms with Gasteiger partial charge < -0.3 is 4.74 Å². The van der Waals surface area contributed by atoms with Crippen LogP contribution in [0.15, 0.2) is 158 Å². The Morgan fingerprint density at radius 2 is 0.891 bits per heavy atom. The topological polar surface area (TPSA) is 9.23 Å². The van der Waals surface area contributed by atoms with Gasteiger partial charge in [-0.05, 0) is 83.9 Å². The zero-order valence-corrected chi connectivity index (χ0v) is 24.9. The summed E-state index contributed by atoms with van der Waals surface area (Å²) in [6, 6.07) is 58.3. The molecule has 0 amide bonds. The van der Waals surface area contributed by atoms with E-state index in [0.717, 1.165) is 17.1 Å². The van der Waals surface area contributed by atoms with Crippen molar-refractivity contribution in [1.29, 1.82) is 0 Å². The molecule has 2 aliphatic carbocycles. The van der Waals surface area contributed by atoms with E-state index >= 15 is 0 Å². The highest BCUT2D eigenvalue weighted by Gasteiger charge is 2.53. The minimum atomic E-state index is -0.471. The van der Waals surface area contributed by atoms with Gasteiger partial charge >= 0.3 is 0 Å². The maximum atomic E-state index is 6.52. The number of fused-ring (bicyclic) bond motifs is 14. The van der Waals surface area contributed by atoms with Crippen LogP contribution in [0.25, 0.3) is 66.1 Å². The van der Waals surface area contributed by atoms with E-state index in [-0.39, 0.29) is 0 Å². The predicted octanol–water partition coefficient (Wildman–Crippen LogP) is 11.8. The summed E-state index contributed by atoms with van der Waals surface area (Å²) < 4.78 is 6.52. The molecule has 1 heteroatoms. The molecule has 1 atom stereocenters.